The normalized spacial score (nSPS) is 13.1. The number of nitrogens with two attached hydrogens (primary N) is 1. The van der Waals surface area contributed by atoms with Crippen LogP contribution in [-0.2, 0) is 0 Å². The van der Waals surface area contributed by atoms with E-state index in [4.69, 9.17) is 5.73 Å². The molecule has 3 heterocycles. The molecule has 1 atom stereocenters. The maximum absolute atomic E-state index is 6.42. The number of pyridine rings is 1. The molecule has 0 saturated carbocycles. The number of fused-ring (bicyclic) bond motifs is 2. The highest BCUT2D eigenvalue weighted by atomic mass is 32.1. The van der Waals surface area contributed by atoms with Crippen molar-refractivity contribution in [1.29, 1.82) is 0 Å². The number of aromatic nitrogens is 1. The van der Waals surface area contributed by atoms with Gasteiger partial charge in [-0.15, -0.1) is 22.7 Å². The van der Waals surface area contributed by atoms with Crippen LogP contribution < -0.4 is 5.73 Å². The molecule has 2 nitrogen and oxygen atoms in total. The fourth-order valence-electron chi connectivity index (χ4n) is 2.38. The molecule has 0 aliphatic heterocycles. The molecule has 0 radical (unpaired) electrons. The van der Waals surface area contributed by atoms with Gasteiger partial charge in [0, 0.05) is 25.9 Å². The molecule has 98 valence electrons. The van der Waals surface area contributed by atoms with E-state index in [1.807, 2.05) is 12.3 Å². The van der Waals surface area contributed by atoms with Gasteiger partial charge in [-0.05, 0) is 35.2 Å². The van der Waals surface area contributed by atoms with E-state index in [0.717, 1.165) is 16.5 Å². The zero-order valence-corrected chi connectivity index (χ0v) is 12.2. The SMILES string of the molecule is NC(c1ccc2cccnc2c1)c1cc2sccc2s1. The first-order valence-corrected chi connectivity index (χ1v) is 8.08. The summed E-state index contributed by atoms with van der Waals surface area (Å²) in [6.45, 7) is 0. The summed E-state index contributed by atoms with van der Waals surface area (Å²) < 4.78 is 2.64. The molecule has 20 heavy (non-hydrogen) atoms. The molecule has 4 heteroatoms. The molecule has 0 amide bonds. The van der Waals surface area contributed by atoms with Gasteiger partial charge in [0.2, 0.25) is 0 Å². The summed E-state index contributed by atoms with van der Waals surface area (Å²) in [6.07, 6.45) is 1.82. The lowest BCUT2D eigenvalue weighted by Gasteiger charge is -2.10. The Kier molecular flexibility index (Phi) is 2.80. The van der Waals surface area contributed by atoms with E-state index in [1.165, 1.54) is 14.3 Å². The van der Waals surface area contributed by atoms with Crippen molar-refractivity contribution in [1.82, 2.24) is 4.98 Å². The highest BCUT2D eigenvalue weighted by Crippen LogP contribution is 2.35. The molecule has 3 aromatic heterocycles. The average molecular weight is 296 g/mol. The Morgan fingerprint density at radius 3 is 2.90 bits per heavy atom. The third-order valence-electron chi connectivity index (χ3n) is 3.45. The highest BCUT2D eigenvalue weighted by Gasteiger charge is 2.13. The Bertz CT molecular complexity index is 863. The molecular weight excluding hydrogens is 284 g/mol. The number of rotatable bonds is 2. The van der Waals surface area contributed by atoms with Crippen LogP contribution in [0.2, 0.25) is 0 Å². The summed E-state index contributed by atoms with van der Waals surface area (Å²) in [5.74, 6) is 0. The molecular formula is C16H12N2S2. The van der Waals surface area contributed by atoms with Gasteiger partial charge < -0.3 is 5.73 Å². The summed E-state index contributed by atoms with van der Waals surface area (Å²) in [6, 6.07) is 14.6. The first-order chi connectivity index (χ1) is 9.81. The van der Waals surface area contributed by atoms with Gasteiger partial charge in [0.1, 0.15) is 0 Å². The van der Waals surface area contributed by atoms with Gasteiger partial charge in [-0.25, -0.2) is 0 Å². The number of hydrogen-bond donors (Lipinski definition) is 1. The van der Waals surface area contributed by atoms with Crippen LogP contribution in [0.4, 0.5) is 0 Å². The smallest absolute Gasteiger partial charge is 0.0705 e. The van der Waals surface area contributed by atoms with Crippen molar-refractivity contribution in [2.75, 3.05) is 0 Å². The van der Waals surface area contributed by atoms with Crippen molar-refractivity contribution in [3.8, 4) is 0 Å². The first-order valence-electron chi connectivity index (χ1n) is 6.38. The summed E-state index contributed by atoms with van der Waals surface area (Å²) in [5, 5.41) is 3.27. The van der Waals surface area contributed by atoms with Crippen LogP contribution in [0.5, 0.6) is 0 Å². The quantitative estimate of drug-likeness (QED) is 0.589. The molecule has 4 rings (SSSR count). The van der Waals surface area contributed by atoms with Gasteiger partial charge in [-0.3, -0.25) is 4.98 Å². The van der Waals surface area contributed by atoms with E-state index in [-0.39, 0.29) is 6.04 Å². The molecule has 4 aromatic rings. The summed E-state index contributed by atoms with van der Waals surface area (Å²) in [5.41, 5.74) is 8.53. The Hall–Kier alpha value is -1.75. The fraction of sp³-hybridized carbons (Fsp3) is 0.0625. The Labute approximate surface area is 124 Å². The second kappa shape index (κ2) is 4.66. The predicted molar refractivity (Wildman–Crippen MR) is 87.5 cm³/mol. The minimum Gasteiger partial charge on any atom is -0.320 e. The zero-order chi connectivity index (χ0) is 13.5. The van der Waals surface area contributed by atoms with Crippen LogP contribution >= 0.6 is 22.7 Å². The Balaban J connectivity index is 1.79. The maximum Gasteiger partial charge on any atom is 0.0705 e. The number of nitrogens with zero attached hydrogens (tertiary/aromatic N) is 1. The van der Waals surface area contributed by atoms with Crippen LogP contribution in [-0.4, -0.2) is 4.98 Å². The van der Waals surface area contributed by atoms with Crippen molar-refractivity contribution >= 4 is 43.0 Å². The largest absolute Gasteiger partial charge is 0.320 e. The van der Waals surface area contributed by atoms with Crippen LogP contribution in [0.3, 0.4) is 0 Å². The summed E-state index contributed by atoms with van der Waals surface area (Å²) in [7, 11) is 0. The predicted octanol–water partition coefficient (Wildman–Crippen LogP) is 4.56. The minimum atomic E-state index is -0.0778. The van der Waals surface area contributed by atoms with E-state index in [9.17, 15) is 0 Å². The second-order valence-electron chi connectivity index (χ2n) is 4.73. The van der Waals surface area contributed by atoms with Crippen molar-refractivity contribution in [3.05, 3.63) is 64.5 Å². The summed E-state index contributed by atoms with van der Waals surface area (Å²) in [4.78, 5) is 5.61. The molecule has 2 N–H and O–H groups in total. The van der Waals surface area contributed by atoms with Crippen molar-refractivity contribution < 1.29 is 0 Å². The standard InChI is InChI=1S/C16H12N2S2/c17-16(15-9-14-13(20-15)5-7-19-14)11-4-3-10-2-1-6-18-12(10)8-11/h1-9,16H,17H2. The fourth-order valence-corrected chi connectivity index (χ4v) is 4.53. The topological polar surface area (TPSA) is 38.9 Å². The van der Waals surface area contributed by atoms with Gasteiger partial charge in [-0.2, -0.15) is 0 Å². The van der Waals surface area contributed by atoms with E-state index < -0.39 is 0 Å². The lowest BCUT2D eigenvalue weighted by Crippen LogP contribution is -2.10. The third-order valence-corrected chi connectivity index (χ3v) is 5.63. The number of thiophene rings is 2. The lowest BCUT2D eigenvalue weighted by atomic mass is 10.0. The van der Waals surface area contributed by atoms with E-state index >= 15 is 0 Å². The summed E-state index contributed by atoms with van der Waals surface area (Å²) >= 11 is 3.54. The Morgan fingerprint density at radius 1 is 1.05 bits per heavy atom. The van der Waals surface area contributed by atoms with Crippen LogP contribution in [0.25, 0.3) is 20.3 Å². The van der Waals surface area contributed by atoms with E-state index in [1.54, 1.807) is 22.7 Å². The van der Waals surface area contributed by atoms with Crippen molar-refractivity contribution in [3.63, 3.8) is 0 Å². The third kappa shape index (κ3) is 1.93. The van der Waals surface area contributed by atoms with Gasteiger partial charge in [0.05, 0.1) is 11.6 Å². The average Bonchev–Trinajstić information content (AvgIpc) is 3.07. The van der Waals surface area contributed by atoms with Crippen LogP contribution in [0.1, 0.15) is 16.5 Å². The maximum atomic E-state index is 6.42. The molecule has 1 aromatic carbocycles. The molecule has 0 spiro atoms. The zero-order valence-electron chi connectivity index (χ0n) is 10.6. The molecule has 0 aliphatic rings. The van der Waals surface area contributed by atoms with E-state index in [0.29, 0.717) is 0 Å². The first kappa shape index (κ1) is 12.0. The van der Waals surface area contributed by atoms with E-state index in [2.05, 4.69) is 46.8 Å². The number of hydrogen-bond acceptors (Lipinski definition) is 4. The molecule has 0 bridgehead atoms. The van der Waals surface area contributed by atoms with Crippen molar-refractivity contribution in [2.24, 2.45) is 5.73 Å². The lowest BCUT2D eigenvalue weighted by molar-refractivity contribution is 0.896. The molecule has 1 unspecified atom stereocenters. The highest BCUT2D eigenvalue weighted by molar-refractivity contribution is 7.27. The van der Waals surface area contributed by atoms with Crippen LogP contribution in [0.15, 0.2) is 54.0 Å². The van der Waals surface area contributed by atoms with Gasteiger partial charge in [0.25, 0.3) is 0 Å². The van der Waals surface area contributed by atoms with Gasteiger partial charge in [-0.1, -0.05) is 18.2 Å². The van der Waals surface area contributed by atoms with Gasteiger partial charge >= 0.3 is 0 Å². The molecule has 0 aliphatic carbocycles. The Morgan fingerprint density at radius 2 is 2.00 bits per heavy atom. The molecule has 0 fully saturated rings. The van der Waals surface area contributed by atoms with Gasteiger partial charge in [0.15, 0.2) is 0 Å². The molecule has 0 saturated heterocycles. The van der Waals surface area contributed by atoms with Crippen molar-refractivity contribution in [2.45, 2.75) is 6.04 Å². The number of benzene rings is 1. The van der Waals surface area contributed by atoms with Crippen LogP contribution in [0, 0.1) is 0 Å². The minimum absolute atomic E-state index is 0.0778. The monoisotopic (exact) mass is 296 g/mol. The second-order valence-corrected chi connectivity index (χ2v) is 6.79.